The third kappa shape index (κ3) is 3.72. The topological polar surface area (TPSA) is 46.6 Å². The second-order valence-corrected chi connectivity index (χ2v) is 9.75. The Hall–Kier alpha value is -3.54. The lowest BCUT2D eigenvalue weighted by molar-refractivity contribution is 0.0504. The quantitative estimate of drug-likeness (QED) is 0.416. The molecule has 6 rings (SSSR count). The summed E-state index contributed by atoms with van der Waals surface area (Å²) in [6, 6.07) is 19.3. The number of hydrogen-bond donors (Lipinski definition) is 0. The van der Waals surface area contributed by atoms with Crippen LogP contribution in [0.2, 0.25) is 0 Å². The summed E-state index contributed by atoms with van der Waals surface area (Å²) in [7, 11) is 0. The Morgan fingerprint density at radius 1 is 0.857 bits per heavy atom. The highest BCUT2D eigenvalue weighted by Gasteiger charge is 2.46. The van der Waals surface area contributed by atoms with E-state index in [-0.39, 0.29) is 48.0 Å². The van der Waals surface area contributed by atoms with E-state index >= 15 is 0 Å². The van der Waals surface area contributed by atoms with Crippen LogP contribution in [0.5, 0.6) is 0 Å². The fourth-order valence-corrected chi connectivity index (χ4v) is 6.27. The van der Waals surface area contributed by atoms with Crippen LogP contribution in [0.4, 0.5) is 13.6 Å². The zero-order valence-corrected chi connectivity index (χ0v) is 19.1. The van der Waals surface area contributed by atoms with Crippen LogP contribution in [0.3, 0.4) is 0 Å². The first-order valence-corrected chi connectivity index (χ1v) is 12.1. The Morgan fingerprint density at radius 3 is 2.06 bits per heavy atom. The molecule has 2 aliphatic heterocycles. The van der Waals surface area contributed by atoms with Crippen LogP contribution >= 0.6 is 0 Å². The Kier molecular flexibility index (Phi) is 5.39. The van der Waals surface area contributed by atoms with E-state index in [2.05, 4.69) is 24.3 Å². The summed E-state index contributed by atoms with van der Waals surface area (Å²) in [5.74, 6) is -2.24. The van der Waals surface area contributed by atoms with Gasteiger partial charge in [0.05, 0.1) is 5.56 Å². The standard InChI is InChI=1S/C29H25F2NO3/c30-18-9-12-25(27(31)15-18)28(33)17-13-19-10-11-20(14-17)32(19)29(34)35-16-26-23-7-3-1-5-21(23)22-6-2-4-8-24(22)26/h1-9,12,15,17,19-20,26H,10-11,13-14,16H2. The monoisotopic (exact) mass is 473 g/mol. The first-order valence-electron chi connectivity index (χ1n) is 12.1. The fraction of sp³-hybridized carbons (Fsp3) is 0.310. The van der Waals surface area contributed by atoms with Gasteiger partial charge in [0.15, 0.2) is 5.78 Å². The average molecular weight is 474 g/mol. The first-order chi connectivity index (χ1) is 17.0. The van der Waals surface area contributed by atoms with Crippen molar-refractivity contribution in [3.63, 3.8) is 0 Å². The van der Waals surface area contributed by atoms with Crippen molar-refractivity contribution in [1.29, 1.82) is 0 Å². The maximum absolute atomic E-state index is 14.2. The molecule has 2 saturated heterocycles. The summed E-state index contributed by atoms with van der Waals surface area (Å²) in [6.07, 6.45) is 2.18. The Morgan fingerprint density at radius 2 is 1.46 bits per heavy atom. The van der Waals surface area contributed by atoms with Crippen LogP contribution in [-0.2, 0) is 4.74 Å². The van der Waals surface area contributed by atoms with Gasteiger partial charge in [-0.3, -0.25) is 4.79 Å². The normalized spacial score (nSPS) is 22.6. The number of fused-ring (bicyclic) bond motifs is 5. The predicted molar refractivity (Wildman–Crippen MR) is 127 cm³/mol. The summed E-state index contributed by atoms with van der Waals surface area (Å²) in [5.41, 5.74) is 4.60. The Labute approximate surface area is 202 Å². The molecule has 0 saturated carbocycles. The number of halogens is 2. The van der Waals surface area contributed by atoms with E-state index in [1.807, 2.05) is 24.3 Å². The minimum absolute atomic E-state index is 0.00966. The highest BCUT2D eigenvalue weighted by Crippen LogP contribution is 2.45. The zero-order chi connectivity index (χ0) is 24.1. The predicted octanol–water partition coefficient (Wildman–Crippen LogP) is 6.34. The van der Waals surface area contributed by atoms with Crippen molar-refractivity contribution in [2.45, 2.75) is 43.7 Å². The molecule has 2 atom stereocenters. The molecule has 0 aromatic heterocycles. The number of carbonyl (C=O) groups excluding carboxylic acids is 2. The van der Waals surface area contributed by atoms with Crippen LogP contribution in [0.15, 0.2) is 66.7 Å². The molecule has 178 valence electrons. The number of ether oxygens (including phenoxy) is 1. The van der Waals surface area contributed by atoms with Gasteiger partial charge in [-0.25, -0.2) is 13.6 Å². The summed E-state index contributed by atoms with van der Waals surface area (Å²) in [6.45, 7) is 0.256. The van der Waals surface area contributed by atoms with Crippen molar-refractivity contribution in [1.82, 2.24) is 4.90 Å². The van der Waals surface area contributed by atoms with E-state index in [9.17, 15) is 18.4 Å². The van der Waals surface area contributed by atoms with Gasteiger partial charge < -0.3 is 9.64 Å². The van der Waals surface area contributed by atoms with Crippen molar-refractivity contribution in [3.05, 3.63) is 95.1 Å². The molecule has 0 radical (unpaired) electrons. The minimum atomic E-state index is -0.832. The van der Waals surface area contributed by atoms with Crippen molar-refractivity contribution < 1.29 is 23.1 Å². The third-order valence-electron chi connectivity index (χ3n) is 7.85. The molecule has 3 aromatic rings. The van der Waals surface area contributed by atoms with Crippen molar-refractivity contribution in [2.75, 3.05) is 6.61 Å². The van der Waals surface area contributed by atoms with Crippen molar-refractivity contribution in [3.8, 4) is 11.1 Å². The summed E-state index contributed by atoms with van der Waals surface area (Å²) in [4.78, 5) is 27.9. The number of nitrogens with zero attached hydrogens (tertiary/aromatic N) is 1. The second-order valence-electron chi connectivity index (χ2n) is 9.75. The molecule has 0 N–H and O–H groups in total. The zero-order valence-electron chi connectivity index (χ0n) is 19.1. The minimum Gasteiger partial charge on any atom is -0.448 e. The van der Waals surface area contributed by atoms with Crippen LogP contribution in [0.1, 0.15) is 53.1 Å². The van der Waals surface area contributed by atoms with Gasteiger partial charge in [-0.1, -0.05) is 48.5 Å². The maximum atomic E-state index is 14.2. The maximum Gasteiger partial charge on any atom is 0.410 e. The number of hydrogen-bond acceptors (Lipinski definition) is 3. The molecule has 3 aliphatic rings. The molecule has 2 unspecified atom stereocenters. The lowest BCUT2D eigenvalue weighted by atomic mass is 9.85. The van der Waals surface area contributed by atoms with Crippen molar-refractivity contribution >= 4 is 11.9 Å². The molecule has 2 fully saturated rings. The Bertz CT molecular complexity index is 1260. The molecule has 2 bridgehead atoms. The Balaban J connectivity index is 1.15. The third-order valence-corrected chi connectivity index (χ3v) is 7.85. The van der Waals surface area contributed by atoms with Crippen molar-refractivity contribution in [2.24, 2.45) is 5.92 Å². The summed E-state index contributed by atoms with van der Waals surface area (Å²) >= 11 is 0. The van der Waals surface area contributed by atoms with E-state index in [1.165, 1.54) is 17.2 Å². The molecule has 35 heavy (non-hydrogen) atoms. The van der Waals surface area contributed by atoms with Gasteiger partial charge in [-0.15, -0.1) is 0 Å². The van der Waals surface area contributed by atoms with E-state index in [1.54, 1.807) is 4.90 Å². The smallest absolute Gasteiger partial charge is 0.410 e. The van der Waals surface area contributed by atoms with Crippen LogP contribution in [0.25, 0.3) is 11.1 Å². The highest BCUT2D eigenvalue weighted by atomic mass is 19.1. The van der Waals surface area contributed by atoms with E-state index in [0.717, 1.165) is 36.1 Å². The van der Waals surface area contributed by atoms with Gasteiger partial charge >= 0.3 is 6.09 Å². The number of amides is 1. The van der Waals surface area contributed by atoms with Crippen LogP contribution in [-0.4, -0.2) is 35.5 Å². The molecule has 6 heteroatoms. The van der Waals surface area contributed by atoms with Gasteiger partial charge in [-0.05, 0) is 60.1 Å². The van der Waals surface area contributed by atoms with Crippen LogP contribution < -0.4 is 0 Å². The van der Waals surface area contributed by atoms with E-state index in [0.29, 0.717) is 12.8 Å². The molecule has 1 amide bonds. The summed E-state index contributed by atoms with van der Waals surface area (Å²) in [5, 5.41) is 0. The fourth-order valence-electron chi connectivity index (χ4n) is 6.27. The molecule has 2 heterocycles. The van der Waals surface area contributed by atoms with E-state index < -0.39 is 11.6 Å². The van der Waals surface area contributed by atoms with Gasteiger partial charge in [0.1, 0.15) is 18.2 Å². The lowest BCUT2D eigenvalue weighted by Crippen LogP contribution is -2.48. The average Bonchev–Trinajstić information content (AvgIpc) is 3.33. The van der Waals surface area contributed by atoms with Gasteiger partial charge in [0.2, 0.25) is 0 Å². The number of piperidine rings is 1. The van der Waals surface area contributed by atoms with Gasteiger partial charge in [0, 0.05) is 30.0 Å². The SMILES string of the molecule is O=C(c1ccc(F)cc1F)C1CC2CCC(C1)N2C(=O)OCC1c2ccccc2-c2ccccc21. The van der Waals surface area contributed by atoms with Gasteiger partial charge in [-0.2, -0.15) is 0 Å². The van der Waals surface area contributed by atoms with Crippen LogP contribution in [0, 0.1) is 17.6 Å². The number of ketones is 1. The second kappa shape index (κ2) is 8.59. The lowest BCUT2D eigenvalue weighted by Gasteiger charge is -2.37. The molecule has 4 nitrogen and oxygen atoms in total. The first kappa shape index (κ1) is 22.0. The number of benzene rings is 3. The van der Waals surface area contributed by atoms with Gasteiger partial charge in [0.25, 0.3) is 0 Å². The molecule has 0 spiro atoms. The number of rotatable bonds is 4. The largest absolute Gasteiger partial charge is 0.448 e. The summed E-state index contributed by atoms with van der Waals surface area (Å²) < 4.78 is 33.3. The number of carbonyl (C=O) groups is 2. The molecule has 3 aromatic carbocycles. The highest BCUT2D eigenvalue weighted by molar-refractivity contribution is 5.98. The van der Waals surface area contributed by atoms with E-state index in [4.69, 9.17) is 4.74 Å². The molecular formula is C29H25F2NO3. The molecular weight excluding hydrogens is 448 g/mol. The molecule has 1 aliphatic carbocycles. The number of Topliss-reactive ketones (excluding diaryl/α,β-unsaturated/α-hetero) is 1.